The van der Waals surface area contributed by atoms with Crippen molar-refractivity contribution in [3.63, 3.8) is 0 Å². The van der Waals surface area contributed by atoms with Crippen LogP contribution < -0.4 is 0 Å². The summed E-state index contributed by atoms with van der Waals surface area (Å²) in [7, 11) is 0. The lowest BCUT2D eigenvalue weighted by Gasteiger charge is -2.04. The van der Waals surface area contributed by atoms with Crippen LogP contribution in [0.3, 0.4) is 0 Å². The van der Waals surface area contributed by atoms with Gasteiger partial charge in [0.15, 0.2) is 5.78 Å². The summed E-state index contributed by atoms with van der Waals surface area (Å²) >= 11 is 0. The Bertz CT molecular complexity index is 585. The second-order valence-corrected chi connectivity index (χ2v) is 4.82. The van der Waals surface area contributed by atoms with Gasteiger partial charge >= 0.3 is 0 Å². The molecule has 0 aliphatic rings. The molecule has 0 radical (unpaired) electrons. The Morgan fingerprint density at radius 1 is 0.850 bits per heavy atom. The van der Waals surface area contributed by atoms with Crippen LogP contribution in [0.5, 0.6) is 0 Å². The summed E-state index contributed by atoms with van der Waals surface area (Å²) < 4.78 is 0. The average molecular weight is 264 g/mol. The molecule has 1 nitrogen and oxygen atoms in total. The second-order valence-electron chi connectivity index (χ2n) is 4.82. The van der Waals surface area contributed by atoms with Crippen molar-refractivity contribution >= 4 is 5.78 Å². The molecule has 0 heterocycles. The zero-order valence-corrected chi connectivity index (χ0v) is 12.1. The molecule has 1 heteroatoms. The Morgan fingerprint density at radius 3 is 1.95 bits per heavy atom. The van der Waals surface area contributed by atoms with E-state index >= 15 is 0 Å². The molecule has 0 fully saturated rings. The molecule has 0 aliphatic heterocycles. The van der Waals surface area contributed by atoms with Gasteiger partial charge in [-0.1, -0.05) is 74.0 Å². The fourth-order valence-corrected chi connectivity index (χ4v) is 2.18. The Hall–Kier alpha value is -2.15. The standard InChI is InChI=1S/C19H20O/c1-3-15(4-2)14-19(20)18-12-10-17(11-13-18)16-8-6-5-7-9-16/h5-14H,3-4H2,1-2H3. The van der Waals surface area contributed by atoms with Crippen molar-refractivity contribution < 1.29 is 4.79 Å². The summed E-state index contributed by atoms with van der Waals surface area (Å²) in [6, 6.07) is 18.0. The molecule has 0 aliphatic carbocycles. The smallest absolute Gasteiger partial charge is 0.185 e. The van der Waals surface area contributed by atoms with E-state index in [0.717, 1.165) is 24.0 Å². The minimum atomic E-state index is 0.100. The molecular formula is C19H20O. The number of hydrogen-bond acceptors (Lipinski definition) is 1. The van der Waals surface area contributed by atoms with Gasteiger partial charge in [-0.25, -0.2) is 0 Å². The fourth-order valence-electron chi connectivity index (χ4n) is 2.18. The number of hydrogen-bond donors (Lipinski definition) is 0. The van der Waals surface area contributed by atoms with Crippen LogP contribution >= 0.6 is 0 Å². The SMILES string of the molecule is CCC(=CC(=O)c1ccc(-c2ccccc2)cc1)CC. The molecule has 0 saturated heterocycles. The van der Waals surface area contributed by atoms with Crippen molar-refractivity contribution in [2.75, 3.05) is 0 Å². The van der Waals surface area contributed by atoms with Crippen LogP contribution in [-0.4, -0.2) is 5.78 Å². The monoisotopic (exact) mass is 264 g/mol. The maximum absolute atomic E-state index is 12.1. The molecule has 2 rings (SSSR count). The molecule has 0 bridgehead atoms. The Morgan fingerprint density at radius 2 is 1.40 bits per heavy atom. The van der Waals surface area contributed by atoms with Gasteiger partial charge in [-0.15, -0.1) is 0 Å². The normalized spacial score (nSPS) is 10.1. The summed E-state index contributed by atoms with van der Waals surface area (Å²) in [6.45, 7) is 4.17. The highest BCUT2D eigenvalue weighted by Gasteiger charge is 2.04. The molecule has 2 aromatic rings. The fraction of sp³-hybridized carbons (Fsp3) is 0.211. The maximum atomic E-state index is 12.1. The number of carbonyl (C=O) groups is 1. The van der Waals surface area contributed by atoms with E-state index in [1.54, 1.807) is 6.08 Å². The molecular weight excluding hydrogens is 244 g/mol. The second kappa shape index (κ2) is 6.85. The lowest BCUT2D eigenvalue weighted by atomic mass is 10.0. The summed E-state index contributed by atoms with van der Waals surface area (Å²) in [6.07, 6.45) is 3.65. The largest absolute Gasteiger partial charge is 0.289 e. The topological polar surface area (TPSA) is 17.1 Å². The van der Waals surface area contributed by atoms with Gasteiger partial charge in [-0.3, -0.25) is 4.79 Å². The zero-order chi connectivity index (χ0) is 14.4. The molecule has 0 unspecified atom stereocenters. The van der Waals surface area contributed by atoms with E-state index in [-0.39, 0.29) is 5.78 Å². The van der Waals surface area contributed by atoms with Crippen molar-refractivity contribution in [2.45, 2.75) is 26.7 Å². The van der Waals surface area contributed by atoms with Crippen molar-refractivity contribution in [1.82, 2.24) is 0 Å². The first-order valence-electron chi connectivity index (χ1n) is 7.13. The average Bonchev–Trinajstić information content (AvgIpc) is 2.53. The Kier molecular flexibility index (Phi) is 4.89. The Balaban J connectivity index is 2.21. The van der Waals surface area contributed by atoms with E-state index in [9.17, 15) is 4.79 Å². The van der Waals surface area contributed by atoms with Gasteiger partial charge < -0.3 is 0 Å². The van der Waals surface area contributed by atoms with Crippen LogP contribution in [0.1, 0.15) is 37.0 Å². The van der Waals surface area contributed by atoms with E-state index in [0.29, 0.717) is 0 Å². The number of allylic oxidation sites excluding steroid dienone is 2. The highest BCUT2D eigenvalue weighted by Crippen LogP contribution is 2.20. The van der Waals surface area contributed by atoms with Gasteiger partial charge in [0.05, 0.1) is 0 Å². The first-order chi connectivity index (χ1) is 9.74. The summed E-state index contributed by atoms with van der Waals surface area (Å²) in [5.74, 6) is 0.100. The summed E-state index contributed by atoms with van der Waals surface area (Å²) in [5, 5.41) is 0. The molecule has 0 atom stereocenters. The van der Waals surface area contributed by atoms with Crippen LogP contribution in [0.15, 0.2) is 66.2 Å². The first-order valence-corrected chi connectivity index (χ1v) is 7.13. The molecule has 0 aromatic heterocycles. The first kappa shape index (κ1) is 14.3. The third-order valence-corrected chi connectivity index (χ3v) is 3.52. The van der Waals surface area contributed by atoms with E-state index in [2.05, 4.69) is 26.0 Å². The third kappa shape index (κ3) is 3.45. The van der Waals surface area contributed by atoms with Gasteiger partial charge in [-0.05, 0) is 30.0 Å². The quantitative estimate of drug-likeness (QED) is 0.530. The number of rotatable bonds is 5. The number of ketones is 1. The lowest BCUT2D eigenvalue weighted by molar-refractivity contribution is 0.104. The maximum Gasteiger partial charge on any atom is 0.185 e. The van der Waals surface area contributed by atoms with E-state index in [1.165, 1.54) is 11.1 Å². The van der Waals surface area contributed by atoms with Gasteiger partial charge in [0.25, 0.3) is 0 Å². The predicted molar refractivity (Wildman–Crippen MR) is 84.9 cm³/mol. The molecule has 0 spiro atoms. The van der Waals surface area contributed by atoms with Crippen LogP contribution in [0.4, 0.5) is 0 Å². The molecule has 2 aromatic carbocycles. The summed E-state index contributed by atoms with van der Waals surface area (Å²) in [5.41, 5.74) is 4.26. The van der Waals surface area contributed by atoms with Crippen LogP contribution in [-0.2, 0) is 0 Å². The molecule has 0 saturated carbocycles. The predicted octanol–water partition coefficient (Wildman–Crippen LogP) is 5.28. The number of carbonyl (C=O) groups excluding carboxylic acids is 1. The molecule has 102 valence electrons. The van der Waals surface area contributed by atoms with Crippen LogP contribution in [0.25, 0.3) is 11.1 Å². The van der Waals surface area contributed by atoms with Gasteiger partial charge in [0.2, 0.25) is 0 Å². The van der Waals surface area contributed by atoms with Crippen LogP contribution in [0.2, 0.25) is 0 Å². The molecule has 20 heavy (non-hydrogen) atoms. The van der Waals surface area contributed by atoms with Crippen molar-refractivity contribution in [3.05, 3.63) is 71.8 Å². The minimum Gasteiger partial charge on any atom is -0.289 e. The zero-order valence-electron chi connectivity index (χ0n) is 12.1. The van der Waals surface area contributed by atoms with Gasteiger partial charge in [0, 0.05) is 5.56 Å². The highest BCUT2D eigenvalue weighted by molar-refractivity contribution is 6.05. The van der Waals surface area contributed by atoms with Crippen molar-refractivity contribution in [3.8, 4) is 11.1 Å². The van der Waals surface area contributed by atoms with Crippen LogP contribution in [0, 0.1) is 0 Å². The van der Waals surface area contributed by atoms with Crippen molar-refractivity contribution in [1.29, 1.82) is 0 Å². The van der Waals surface area contributed by atoms with E-state index in [4.69, 9.17) is 0 Å². The van der Waals surface area contributed by atoms with E-state index < -0.39 is 0 Å². The lowest BCUT2D eigenvalue weighted by Crippen LogP contribution is -1.96. The third-order valence-electron chi connectivity index (χ3n) is 3.52. The molecule has 0 amide bonds. The van der Waals surface area contributed by atoms with Gasteiger partial charge in [0.1, 0.15) is 0 Å². The minimum absolute atomic E-state index is 0.100. The van der Waals surface area contributed by atoms with Crippen molar-refractivity contribution in [2.24, 2.45) is 0 Å². The Labute approximate surface area is 121 Å². The number of benzene rings is 2. The van der Waals surface area contributed by atoms with E-state index in [1.807, 2.05) is 42.5 Å². The summed E-state index contributed by atoms with van der Waals surface area (Å²) in [4.78, 5) is 12.1. The molecule has 0 N–H and O–H groups in total. The van der Waals surface area contributed by atoms with Gasteiger partial charge in [-0.2, -0.15) is 0 Å². The highest BCUT2D eigenvalue weighted by atomic mass is 16.1.